The number of amides is 2. The van der Waals surface area contributed by atoms with Crippen LogP contribution in [0.5, 0.6) is 5.75 Å². The molecule has 0 saturated heterocycles. The summed E-state index contributed by atoms with van der Waals surface area (Å²) in [7, 11) is -3.63. The summed E-state index contributed by atoms with van der Waals surface area (Å²) in [5.41, 5.74) is 0.683. The molecular formula is C20H23N3O5S. The summed E-state index contributed by atoms with van der Waals surface area (Å²) in [4.78, 5) is 24.1. The second-order valence-electron chi connectivity index (χ2n) is 6.08. The molecular weight excluding hydrogens is 394 g/mol. The fraction of sp³-hybridized carbons (Fsp3) is 0.200. The second-order valence-corrected chi connectivity index (χ2v) is 7.85. The summed E-state index contributed by atoms with van der Waals surface area (Å²) in [6.45, 7) is 4.25. The maximum atomic E-state index is 12.1. The Labute approximate surface area is 169 Å². The van der Waals surface area contributed by atoms with Crippen molar-refractivity contribution in [2.24, 2.45) is 0 Å². The quantitative estimate of drug-likeness (QED) is 0.344. The van der Waals surface area contributed by atoms with Gasteiger partial charge in [0.2, 0.25) is 10.0 Å². The van der Waals surface area contributed by atoms with Gasteiger partial charge < -0.3 is 15.7 Å². The van der Waals surface area contributed by atoms with Crippen molar-refractivity contribution in [2.45, 2.75) is 11.3 Å². The SMILES string of the molecule is C=CCNS(=O)(=O)c1ccc(C(=O)NCCCNC(=O)c2cccc(O)c2)cc1. The predicted molar refractivity (Wildman–Crippen MR) is 109 cm³/mol. The molecule has 0 fully saturated rings. The van der Waals surface area contributed by atoms with Gasteiger partial charge in [0.25, 0.3) is 11.8 Å². The number of hydrogen-bond acceptors (Lipinski definition) is 5. The molecule has 4 N–H and O–H groups in total. The Morgan fingerprint density at radius 1 is 0.966 bits per heavy atom. The average Bonchev–Trinajstić information content (AvgIpc) is 2.72. The van der Waals surface area contributed by atoms with Crippen LogP contribution in [0.1, 0.15) is 27.1 Å². The fourth-order valence-corrected chi connectivity index (χ4v) is 3.38. The lowest BCUT2D eigenvalue weighted by Crippen LogP contribution is -2.30. The van der Waals surface area contributed by atoms with Crippen LogP contribution in [-0.4, -0.2) is 45.0 Å². The van der Waals surface area contributed by atoms with Gasteiger partial charge in [0.1, 0.15) is 5.75 Å². The second kappa shape index (κ2) is 10.4. The van der Waals surface area contributed by atoms with Gasteiger partial charge in [-0.1, -0.05) is 12.1 Å². The minimum atomic E-state index is -3.63. The maximum absolute atomic E-state index is 12.1. The number of benzene rings is 2. The molecule has 0 spiro atoms. The van der Waals surface area contributed by atoms with Gasteiger partial charge in [0.15, 0.2) is 0 Å². The molecule has 2 rings (SSSR count). The van der Waals surface area contributed by atoms with E-state index < -0.39 is 10.0 Å². The zero-order valence-corrected chi connectivity index (χ0v) is 16.5. The molecule has 0 aromatic heterocycles. The van der Waals surface area contributed by atoms with Crippen LogP contribution in [0.25, 0.3) is 0 Å². The maximum Gasteiger partial charge on any atom is 0.251 e. The molecule has 0 atom stereocenters. The summed E-state index contributed by atoms with van der Waals surface area (Å²) in [5, 5.41) is 14.8. The smallest absolute Gasteiger partial charge is 0.251 e. The first-order chi connectivity index (χ1) is 13.8. The largest absolute Gasteiger partial charge is 0.508 e. The van der Waals surface area contributed by atoms with E-state index in [0.29, 0.717) is 30.6 Å². The summed E-state index contributed by atoms with van der Waals surface area (Å²) in [6, 6.07) is 11.6. The molecule has 0 unspecified atom stereocenters. The monoisotopic (exact) mass is 417 g/mol. The minimum absolute atomic E-state index is 0.0141. The first-order valence-corrected chi connectivity index (χ1v) is 10.4. The van der Waals surface area contributed by atoms with Crippen LogP contribution in [0.15, 0.2) is 66.1 Å². The van der Waals surface area contributed by atoms with Crippen molar-refractivity contribution in [2.75, 3.05) is 19.6 Å². The van der Waals surface area contributed by atoms with Crippen LogP contribution in [0.3, 0.4) is 0 Å². The molecule has 0 radical (unpaired) electrons. The van der Waals surface area contributed by atoms with E-state index in [9.17, 15) is 23.1 Å². The number of phenolic OH excluding ortho intramolecular Hbond substituents is 1. The highest BCUT2D eigenvalue weighted by atomic mass is 32.2. The molecule has 0 aliphatic heterocycles. The minimum Gasteiger partial charge on any atom is -0.508 e. The molecule has 2 amide bonds. The van der Waals surface area contributed by atoms with Crippen LogP contribution in [-0.2, 0) is 10.0 Å². The lowest BCUT2D eigenvalue weighted by Gasteiger charge is -2.08. The highest BCUT2D eigenvalue weighted by molar-refractivity contribution is 7.89. The Balaban J connectivity index is 1.76. The Bertz CT molecular complexity index is 972. The van der Waals surface area contributed by atoms with Gasteiger partial charge in [-0.2, -0.15) is 0 Å². The van der Waals surface area contributed by atoms with Gasteiger partial charge in [-0.15, -0.1) is 6.58 Å². The van der Waals surface area contributed by atoms with E-state index >= 15 is 0 Å². The molecule has 154 valence electrons. The van der Waals surface area contributed by atoms with Gasteiger partial charge in [-0.3, -0.25) is 9.59 Å². The van der Waals surface area contributed by atoms with Crippen molar-refractivity contribution >= 4 is 21.8 Å². The molecule has 0 saturated carbocycles. The van der Waals surface area contributed by atoms with Crippen LogP contribution in [0, 0.1) is 0 Å². The summed E-state index contributed by atoms with van der Waals surface area (Å²) >= 11 is 0. The van der Waals surface area contributed by atoms with Crippen molar-refractivity contribution in [1.29, 1.82) is 0 Å². The highest BCUT2D eigenvalue weighted by Gasteiger charge is 2.13. The zero-order chi connectivity index (χ0) is 21.3. The van der Waals surface area contributed by atoms with E-state index in [1.807, 2.05) is 0 Å². The van der Waals surface area contributed by atoms with Crippen molar-refractivity contribution in [1.82, 2.24) is 15.4 Å². The van der Waals surface area contributed by atoms with Crippen molar-refractivity contribution in [3.8, 4) is 5.75 Å². The molecule has 0 bridgehead atoms. The summed E-state index contributed by atoms with van der Waals surface area (Å²) < 4.78 is 26.3. The molecule has 2 aromatic rings. The van der Waals surface area contributed by atoms with E-state index in [1.165, 1.54) is 42.5 Å². The first kappa shape index (κ1) is 22.1. The number of carbonyl (C=O) groups excluding carboxylic acids is 2. The molecule has 9 heteroatoms. The number of nitrogens with one attached hydrogen (secondary N) is 3. The molecule has 0 aliphatic carbocycles. The van der Waals surface area contributed by atoms with E-state index in [0.717, 1.165) is 0 Å². The van der Waals surface area contributed by atoms with Crippen molar-refractivity contribution in [3.05, 3.63) is 72.3 Å². The molecule has 29 heavy (non-hydrogen) atoms. The Kier molecular flexibility index (Phi) is 7.93. The number of sulfonamides is 1. The number of hydrogen-bond donors (Lipinski definition) is 4. The van der Waals surface area contributed by atoms with E-state index in [2.05, 4.69) is 21.9 Å². The normalized spacial score (nSPS) is 10.9. The van der Waals surface area contributed by atoms with Crippen LogP contribution >= 0.6 is 0 Å². The van der Waals surface area contributed by atoms with E-state index in [-0.39, 0.29) is 29.0 Å². The Hall–Kier alpha value is -3.17. The fourth-order valence-electron chi connectivity index (χ4n) is 2.38. The van der Waals surface area contributed by atoms with Crippen LogP contribution in [0.2, 0.25) is 0 Å². The molecule has 8 nitrogen and oxygen atoms in total. The van der Waals surface area contributed by atoms with Crippen LogP contribution in [0.4, 0.5) is 0 Å². The van der Waals surface area contributed by atoms with Gasteiger partial charge in [0.05, 0.1) is 4.90 Å². The third kappa shape index (κ3) is 6.74. The van der Waals surface area contributed by atoms with Gasteiger partial charge in [0, 0.05) is 30.8 Å². The number of phenols is 1. The number of aromatic hydroxyl groups is 1. The van der Waals surface area contributed by atoms with E-state index in [4.69, 9.17) is 0 Å². The molecule has 2 aromatic carbocycles. The lowest BCUT2D eigenvalue weighted by atomic mass is 10.2. The first-order valence-electron chi connectivity index (χ1n) is 8.89. The molecule has 0 heterocycles. The highest BCUT2D eigenvalue weighted by Crippen LogP contribution is 2.11. The third-order valence-corrected chi connectivity index (χ3v) is 5.32. The molecule has 0 aliphatic rings. The topological polar surface area (TPSA) is 125 Å². The zero-order valence-electron chi connectivity index (χ0n) is 15.7. The van der Waals surface area contributed by atoms with Gasteiger partial charge in [-0.05, 0) is 48.9 Å². The number of carbonyl (C=O) groups is 2. The average molecular weight is 417 g/mol. The van der Waals surface area contributed by atoms with Gasteiger partial charge >= 0.3 is 0 Å². The van der Waals surface area contributed by atoms with Gasteiger partial charge in [-0.25, -0.2) is 13.1 Å². The number of rotatable bonds is 10. The lowest BCUT2D eigenvalue weighted by molar-refractivity contribution is 0.0951. The van der Waals surface area contributed by atoms with Crippen molar-refractivity contribution < 1.29 is 23.1 Å². The van der Waals surface area contributed by atoms with Crippen molar-refractivity contribution in [3.63, 3.8) is 0 Å². The Morgan fingerprint density at radius 3 is 2.17 bits per heavy atom. The Morgan fingerprint density at radius 2 is 1.59 bits per heavy atom. The third-order valence-electron chi connectivity index (χ3n) is 3.88. The van der Waals surface area contributed by atoms with Crippen LogP contribution < -0.4 is 15.4 Å². The standard InChI is InChI=1S/C20H23N3O5S/c1-2-11-23-29(27,28)18-9-7-15(8-10-18)19(25)21-12-4-13-22-20(26)16-5-3-6-17(24)14-16/h2-3,5-10,14,23-24H,1,4,11-13H2,(H,21,25)(H,22,26). The van der Waals surface area contributed by atoms with E-state index in [1.54, 1.807) is 12.1 Å². The summed E-state index contributed by atoms with van der Waals surface area (Å²) in [6.07, 6.45) is 1.94. The summed E-state index contributed by atoms with van der Waals surface area (Å²) in [5.74, 6) is -0.637. The predicted octanol–water partition coefficient (Wildman–Crippen LogP) is 1.41.